The molecule has 0 saturated heterocycles. The topological polar surface area (TPSA) is 44.3 Å². The molecular formula is C28H26N4O. The minimum atomic E-state index is 0.799. The second kappa shape index (κ2) is 8.24. The van der Waals surface area contributed by atoms with E-state index < -0.39 is 0 Å². The van der Waals surface area contributed by atoms with Gasteiger partial charge in [0.25, 0.3) is 0 Å². The van der Waals surface area contributed by atoms with E-state index in [9.17, 15) is 0 Å². The Labute approximate surface area is 193 Å². The lowest BCUT2D eigenvalue weighted by Gasteiger charge is -2.26. The highest BCUT2D eigenvalue weighted by Gasteiger charge is 2.19. The first-order valence-corrected chi connectivity index (χ1v) is 11.6. The summed E-state index contributed by atoms with van der Waals surface area (Å²) in [5.41, 5.74) is 7.91. The van der Waals surface area contributed by atoms with Gasteiger partial charge in [-0.05, 0) is 79.3 Å². The summed E-state index contributed by atoms with van der Waals surface area (Å²) in [4.78, 5) is 0. The first kappa shape index (κ1) is 19.8. The summed E-state index contributed by atoms with van der Waals surface area (Å²) in [5, 5.41) is 14.9. The smallest absolute Gasteiger partial charge is 0.151 e. The summed E-state index contributed by atoms with van der Waals surface area (Å²) < 4.78 is 6.11. The van der Waals surface area contributed by atoms with Crippen LogP contribution in [0.1, 0.15) is 35.8 Å². The molecular weight excluding hydrogens is 408 g/mol. The molecule has 2 aliphatic rings. The number of rotatable bonds is 4. The number of anilines is 2. The fourth-order valence-corrected chi connectivity index (χ4v) is 4.75. The number of nitrogens with zero attached hydrogens (tertiary/aromatic N) is 4. The number of hydrogen-bond donors (Lipinski definition) is 0. The van der Waals surface area contributed by atoms with E-state index >= 15 is 0 Å². The second-order valence-electron chi connectivity index (χ2n) is 8.70. The Kier molecular flexibility index (Phi) is 4.95. The molecule has 2 aliphatic heterocycles. The molecule has 4 aromatic rings. The molecule has 0 bridgehead atoms. The SMILES string of the molecule is CC(=NN1CCc2ccccc21)c1cc2cc(C=NN3CCCc4ccccc43)ccc2o1. The molecule has 0 fully saturated rings. The molecule has 0 spiro atoms. The minimum Gasteiger partial charge on any atom is -0.455 e. The molecule has 0 N–H and O–H groups in total. The van der Waals surface area contributed by atoms with Crippen molar-refractivity contribution in [1.29, 1.82) is 0 Å². The number of benzene rings is 3. The van der Waals surface area contributed by atoms with Gasteiger partial charge in [-0.15, -0.1) is 0 Å². The number of hydrogen-bond acceptors (Lipinski definition) is 5. The summed E-state index contributed by atoms with van der Waals surface area (Å²) >= 11 is 0. The lowest BCUT2D eigenvalue weighted by molar-refractivity contribution is 0.603. The molecule has 0 aliphatic carbocycles. The monoisotopic (exact) mass is 434 g/mol. The first-order valence-electron chi connectivity index (χ1n) is 11.6. The number of hydrazone groups is 2. The number of para-hydroxylation sites is 2. The quantitative estimate of drug-likeness (QED) is 0.370. The van der Waals surface area contributed by atoms with Gasteiger partial charge in [0.05, 0.1) is 17.6 Å². The van der Waals surface area contributed by atoms with Crippen LogP contribution in [0.15, 0.2) is 87.4 Å². The van der Waals surface area contributed by atoms with Crippen molar-refractivity contribution in [3.05, 3.63) is 95.2 Å². The zero-order valence-corrected chi connectivity index (χ0v) is 18.7. The van der Waals surface area contributed by atoms with E-state index in [1.54, 1.807) is 0 Å². The van der Waals surface area contributed by atoms with Crippen LogP contribution >= 0.6 is 0 Å². The lowest BCUT2D eigenvalue weighted by atomic mass is 10.0. The van der Waals surface area contributed by atoms with Crippen LogP contribution in [0.25, 0.3) is 11.0 Å². The Morgan fingerprint density at radius 2 is 1.61 bits per heavy atom. The molecule has 0 saturated carbocycles. The zero-order chi connectivity index (χ0) is 22.2. The van der Waals surface area contributed by atoms with Crippen LogP contribution in [-0.2, 0) is 12.8 Å². The predicted molar refractivity (Wildman–Crippen MR) is 136 cm³/mol. The van der Waals surface area contributed by atoms with E-state index in [4.69, 9.17) is 14.6 Å². The third-order valence-electron chi connectivity index (χ3n) is 6.46. The van der Waals surface area contributed by atoms with Crippen LogP contribution in [0.2, 0.25) is 0 Å². The second-order valence-corrected chi connectivity index (χ2v) is 8.70. The normalized spacial score (nSPS) is 16.0. The van der Waals surface area contributed by atoms with Gasteiger partial charge >= 0.3 is 0 Å². The molecule has 5 nitrogen and oxygen atoms in total. The molecule has 0 amide bonds. The third kappa shape index (κ3) is 3.80. The Bertz CT molecular complexity index is 1380. The highest BCUT2D eigenvalue weighted by atomic mass is 16.3. The Morgan fingerprint density at radius 1 is 0.848 bits per heavy atom. The maximum atomic E-state index is 6.11. The summed E-state index contributed by atoms with van der Waals surface area (Å²) in [6.45, 7) is 3.85. The molecule has 5 heteroatoms. The Morgan fingerprint density at radius 3 is 2.45 bits per heavy atom. The Hall–Kier alpha value is -3.86. The van der Waals surface area contributed by atoms with Crippen molar-refractivity contribution in [3.8, 4) is 0 Å². The predicted octanol–water partition coefficient (Wildman–Crippen LogP) is 6.01. The number of aryl methyl sites for hydroxylation is 1. The van der Waals surface area contributed by atoms with Gasteiger partial charge in [0.2, 0.25) is 0 Å². The summed E-state index contributed by atoms with van der Waals surface area (Å²) in [6.07, 6.45) is 5.21. The van der Waals surface area contributed by atoms with Crippen molar-refractivity contribution in [2.24, 2.45) is 10.2 Å². The van der Waals surface area contributed by atoms with Gasteiger partial charge in [0, 0.05) is 18.5 Å². The van der Waals surface area contributed by atoms with Crippen LogP contribution in [0.4, 0.5) is 11.4 Å². The maximum absolute atomic E-state index is 6.11. The van der Waals surface area contributed by atoms with Crippen LogP contribution in [0, 0.1) is 0 Å². The van der Waals surface area contributed by atoms with Crippen LogP contribution < -0.4 is 10.0 Å². The zero-order valence-electron chi connectivity index (χ0n) is 18.7. The summed E-state index contributed by atoms with van der Waals surface area (Å²) in [5.74, 6) is 0.799. The highest BCUT2D eigenvalue weighted by Crippen LogP contribution is 2.29. The molecule has 3 aromatic carbocycles. The third-order valence-corrected chi connectivity index (χ3v) is 6.46. The van der Waals surface area contributed by atoms with E-state index in [1.807, 2.05) is 19.2 Å². The molecule has 0 atom stereocenters. The molecule has 3 heterocycles. The standard InChI is InChI=1S/C28H26N4O/c1-20(30-32-16-14-23-8-3-5-11-26(23)32)28-18-24-17-21(12-13-27(24)33-28)19-29-31-15-6-9-22-7-2-4-10-25(22)31/h2-5,7-8,10-13,17-19H,6,9,14-16H2,1H3. The van der Waals surface area contributed by atoms with Crippen LogP contribution in [0.3, 0.4) is 0 Å². The van der Waals surface area contributed by atoms with Gasteiger partial charge in [0.15, 0.2) is 5.76 Å². The van der Waals surface area contributed by atoms with Crippen molar-refractivity contribution in [2.75, 3.05) is 23.1 Å². The minimum absolute atomic E-state index is 0.799. The van der Waals surface area contributed by atoms with Crippen molar-refractivity contribution in [3.63, 3.8) is 0 Å². The highest BCUT2D eigenvalue weighted by molar-refractivity contribution is 6.01. The fraction of sp³-hybridized carbons (Fsp3) is 0.214. The van der Waals surface area contributed by atoms with Gasteiger partial charge in [-0.3, -0.25) is 10.0 Å². The van der Waals surface area contributed by atoms with E-state index in [-0.39, 0.29) is 0 Å². The van der Waals surface area contributed by atoms with Crippen molar-refractivity contribution >= 4 is 34.3 Å². The first-order chi connectivity index (χ1) is 16.2. The molecule has 6 rings (SSSR count). The van der Waals surface area contributed by atoms with E-state index in [0.29, 0.717) is 0 Å². The largest absolute Gasteiger partial charge is 0.455 e. The van der Waals surface area contributed by atoms with Gasteiger partial charge < -0.3 is 4.42 Å². The summed E-state index contributed by atoms with van der Waals surface area (Å²) in [7, 11) is 0. The molecule has 0 unspecified atom stereocenters. The number of fused-ring (bicyclic) bond motifs is 3. The Balaban J connectivity index is 1.24. The average molecular weight is 435 g/mol. The van der Waals surface area contributed by atoms with Gasteiger partial charge in [-0.25, -0.2) is 0 Å². The molecule has 0 radical (unpaired) electrons. The molecule has 164 valence electrons. The van der Waals surface area contributed by atoms with Crippen molar-refractivity contribution < 1.29 is 4.42 Å². The summed E-state index contributed by atoms with van der Waals surface area (Å²) in [6, 6.07) is 25.2. The van der Waals surface area contributed by atoms with Crippen molar-refractivity contribution in [2.45, 2.75) is 26.2 Å². The number of furan rings is 1. The van der Waals surface area contributed by atoms with E-state index in [2.05, 4.69) is 76.7 Å². The van der Waals surface area contributed by atoms with Crippen LogP contribution in [-0.4, -0.2) is 25.0 Å². The van der Waals surface area contributed by atoms with E-state index in [1.165, 1.54) is 22.5 Å². The van der Waals surface area contributed by atoms with Gasteiger partial charge in [0.1, 0.15) is 11.3 Å². The van der Waals surface area contributed by atoms with Crippen LogP contribution in [0.5, 0.6) is 0 Å². The van der Waals surface area contributed by atoms with Crippen molar-refractivity contribution in [1.82, 2.24) is 0 Å². The molecule has 1 aromatic heterocycles. The average Bonchev–Trinajstić information content (AvgIpc) is 3.47. The van der Waals surface area contributed by atoms with E-state index in [0.717, 1.165) is 60.4 Å². The fourth-order valence-electron chi connectivity index (χ4n) is 4.75. The molecule has 33 heavy (non-hydrogen) atoms. The van der Waals surface area contributed by atoms with Gasteiger partial charge in [-0.1, -0.05) is 36.4 Å². The maximum Gasteiger partial charge on any atom is 0.151 e. The van der Waals surface area contributed by atoms with Gasteiger partial charge in [-0.2, -0.15) is 10.2 Å². The lowest BCUT2D eigenvalue weighted by Crippen LogP contribution is -2.24.